The van der Waals surface area contributed by atoms with E-state index in [2.05, 4.69) is 10.6 Å². The number of halogens is 1. The first-order chi connectivity index (χ1) is 12.0. The molecule has 2 aromatic carbocycles. The van der Waals surface area contributed by atoms with E-state index in [-0.39, 0.29) is 24.9 Å². The Bertz CT molecular complexity index is 735. The number of para-hydroxylation sites is 1. The highest BCUT2D eigenvalue weighted by atomic mass is 35.5. The number of amides is 2. The van der Waals surface area contributed by atoms with Crippen LogP contribution in [0.2, 0.25) is 5.02 Å². The third kappa shape index (κ3) is 6.10. The molecule has 6 nitrogen and oxygen atoms in total. The summed E-state index contributed by atoms with van der Waals surface area (Å²) in [6, 6.07) is 14.1. The Balaban J connectivity index is 1.80. The molecule has 0 aliphatic rings. The van der Waals surface area contributed by atoms with E-state index in [1.807, 2.05) is 0 Å². The fraction of sp³-hybridized carbons (Fsp3) is 0.222. The molecule has 0 aliphatic carbocycles. The summed E-state index contributed by atoms with van der Waals surface area (Å²) >= 11 is 6.01. The number of benzene rings is 2. The minimum Gasteiger partial charge on any atom is -0.497 e. The lowest BCUT2D eigenvalue weighted by molar-refractivity contribution is -0.862. The SMILES string of the molecule is COc1ccc(NC(=O)C[NH+](C)CC(=O)Nc2ccccc2Cl)cc1. The average Bonchev–Trinajstić information content (AvgIpc) is 2.57. The summed E-state index contributed by atoms with van der Waals surface area (Å²) in [5.74, 6) is 0.341. The van der Waals surface area contributed by atoms with Crippen LogP contribution < -0.4 is 20.3 Å². The maximum atomic E-state index is 12.1. The maximum absolute atomic E-state index is 12.1. The fourth-order valence-corrected chi connectivity index (χ4v) is 2.43. The van der Waals surface area contributed by atoms with Crippen LogP contribution in [-0.4, -0.2) is 39.1 Å². The molecule has 0 radical (unpaired) electrons. The molecule has 7 heteroatoms. The largest absolute Gasteiger partial charge is 0.497 e. The lowest BCUT2D eigenvalue weighted by atomic mass is 10.3. The van der Waals surface area contributed by atoms with E-state index in [1.54, 1.807) is 62.7 Å². The summed E-state index contributed by atoms with van der Waals surface area (Å²) in [5.41, 5.74) is 1.24. The van der Waals surface area contributed by atoms with E-state index in [1.165, 1.54) is 0 Å². The molecule has 2 rings (SSSR count). The van der Waals surface area contributed by atoms with E-state index >= 15 is 0 Å². The molecule has 0 saturated heterocycles. The van der Waals surface area contributed by atoms with Gasteiger partial charge in [-0.05, 0) is 36.4 Å². The van der Waals surface area contributed by atoms with E-state index in [0.717, 1.165) is 10.6 Å². The number of nitrogens with one attached hydrogen (secondary N) is 3. The van der Waals surface area contributed by atoms with Crippen LogP contribution in [0.15, 0.2) is 48.5 Å². The van der Waals surface area contributed by atoms with Gasteiger partial charge < -0.3 is 20.3 Å². The number of hydrogen-bond donors (Lipinski definition) is 3. The van der Waals surface area contributed by atoms with Gasteiger partial charge in [0, 0.05) is 5.69 Å². The van der Waals surface area contributed by atoms with Gasteiger partial charge in [0.1, 0.15) is 5.75 Å². The van der Waals surface area contributed by atoms with E-state index in [0.29, 0.717) is 16.4 Å². The van der Waals surface area contributed by atoms with Crippen molar-refractivity contribution in [3.63, 3.8) is 0 Å². The average molecular weight is 363 g/mol. The highest BCUT2D eigenvalue weighted by Gasteiger charge is 2.15. The minimum atomic E-state index is -0.206. The van der Waals surface area contributed by atoms with Gasteiger partial charge in [-0.3, -0.25) is 9.59 Å². The molecule has 0 aromatic heterocycles. The number of hydrogen-bond acceptors (Lipinski definition) is 3. The van der Waals surface area contributed by atoms with Gasteiger partial charge in [-0.1, -0.05) is 23.7 Å². The van der Waals surface area contributed by atoms with Crippen molar-refractivity contribution in [3.05, 3.63) is 53.6 Å². The number of ether oxygens (including phenoxy) is 1. The second kappa shape index (κ2) is 9.05. The number of quaternary nitrogens is 1. The third-order valence-corrected chi connectivity index (χ3v) is 3.78. The Morgan fingerprint density at radius 2 is 1.60 bits per heavy atom. The van der Waals surface area contributed by atoms with Crippen molar-refractivity contribution in [2.75, 3.05) is 37.9 Å². The van der Waals surface area contributed by atoms with Crippen molar-refractivity contribution in [2.24, 2.45) is 0 Å². The van der Waals surface area contributed by atoms with Gasteiger partial charge in [0.05, 0.1) is 24.9 Å². The fourth-order valence-electron chi connectivity index (χ4n) is 2.25. The lowest BCUT2D eigenvalue weighted by Crippen LogP contribution is -3.11. The van der Waals surface area contributed by atoms with Gasteiger partial charge in [-0.25, -0.2) is 0 Å². The van der Waals surface area contributed by atoms with Crippen molar-refractivity contribution < 1.29 is 19.2 Å². The molecule has 0 heterocycles. The van der Waals surface area contributed by atoms with Gasteiger partial charge >= 0.3 is 0 Å². The molecule has 1 unspecified atom stereocenters. The summed E-state index contributed by atoms with van der Waals surface area (Å²) in [6.07, 6.45) is 0. The van der Waals surface area contributed by atoms with Crippen molar-refractivity contribution in [1.29, 1.82) is 0 Å². The van der Waals surface area contributed by atoms with Crippen LogP contribution in [0.1, 0.15) is 0 Å². The van der Waals surface area contributed by atoms with Crippen LogP contribution in [0.4, 0.5) is 11.4 Å². The van der Waals surface area contributed by atoms with Crippen molar-refractivity contribution in [3.8, 4) is 5.75 Å². The summed E-state index contributed by atoms with van der Waals surface area (Å²) in [4.78, 5) is 24.9. The summed E-state index contributed by atoms with van der Waals surface area (Å²) in [5, 5.41) is 6.00. The number of carbonyl (C=O) groups is 2. The highest BCUT2D eigenvalue weighted by Crippen LogP contribution is 2.19. The smallest absolute Gasteiger partial charge is 0.279 e. The summed E-state index contributed by atoms with van der Waals surface area (Å²) in [6.45, 7) is 0.323. The minimum absolute atomic E-state index is 0.154. The molecule has 25 heavy (non-hydrogen) atoms. The molecule has 0 aliphatic heterocycles. The van der Waals surface area contributed by atoms with Gasteiger partial charge in [0.2, 0.25) is 0 Å². The number of anilines is 2. The number of rotatable bonds is 7. The molecular formula is C18H21ClN3O3+. The standard InChI is InChI=1S/C18H20ClN3O3/c1-22(12-18(24)21-16-6-4-3-5-15(16)19)11-17(23)20-13-7-9-14(25-2)10-8-13/h3-10H,11-12H2,1-2H3,(H,20,23)(H,21,24)/p+1. The Morgan fingerprint density at radius 3 is 2.20 bits per heavy atom. The topological polar surface area (TPSA) is 71.9 Å². The molecule has 0 fully saturated rings. The van der Waals surface area contributed by atoms with Crippen molar-refractivity contribution in [1.82, 2.24) is 0 Å². The van der Waals surface area contributed by atoms with E-state index < -0.39 is 0 Å². The van der Waals surface area contributed by atoms with Gasteiger partial charge in [0.15, 0.2) is 13.1 Å². The molecule has 132 valence electrons. The zero-order valence-corrected chi connectivity index (χ0v) is 14.9. The van der Waals surface area contributed by atoms with Crippen molar-refractivity contribution >= 4 is 34.8 Å². The quantitative estimate of drug-likeness (QED) is 0.698. The summed E-state index contributed by atoms with van der Waals surface area (Å²) in [7, 11) is 3.36. The maximum Gasteiger partial charge on any atom is 0.279 e. The molecule has 2 amide bonds. The first kappa shape index (κ1) is 18.8. The molecule has 1 atom stereocenters. The third-order valence-electron chi connectivity index (χ3n) is 3.45. The van der Waals surface area contributed by atoms with Crippen LogP contribution in [-0.2, 0) is 9.59 Å². The number of methoxy groups -OCH3 is 1. The van der Waals surface area contributed by atoms with E-state index in [9.17, 15) is 9.59 Å². The van der Waals surface area contributed by atoms with Crippen LogP contribution in [0.25, 0.3) is 0 Å². The first-order valence-electron chi connectivity index (χ1n) is 7.77. The zero-order chi connectivity index (χ0) is 18.2. The lowest BCUT2D eigenvalue weighted by Gasteiger charge is -2.14. The van der Waals surface area contributed by atoms with Crippen LogP contribution in [0.3, 0.4) is 0 Å². The normalized spacial score (nSPS) is 11.5. The number of carbonyl (C=O) groups excluding carboxylic acids is 2. The molecule has 3 N–H and O–H groups in total. The Hall–Kier alpha value is -2.57. The van der Waals surface area contributed by atoms with Gasteiger partial charge in [0.25, 0.3) is 11.8 Å². The molecular weight excluding hydrogens is 342 g/mol. The molecule has 2 aromatic rings. The number of likely N-dealkylation sites (N-methyl/N-ethyl adjacent to an activating group) is 1. The second-order valence-corrected chi connectivity index (χ2v) is 6.02. The highest BCUT2D eigenvalue weighted by molar-refractivity contribution is 6.33. The summed E-state index contributed by atoms with van der Waals surface area (Å²) < 4.78 is 5.07. The van der Waals surface area contributed by atoms with Crippen molar-refractivity contribution in [2.45, 2.75) is 0 Å². The van der Waals surface area contributed by atoms with Crippen LogP contribution in [0, 0.1) is 0 Å². The van der Waals surface area contributed by atoms with E-state index in [4.69, 9.17) is 16.3 Å². The predicted molar refractivity (Wildman–Crippen MR) is 98.3 cm³/mol. The Labute approximate surface area is 151 Å². The van der Waals surface area contributed by atoms with Gasteiger partial charge in [-0.2, -0.15) is 0 Å². The Kier molecular flexibility index (Phi) is 6.80. The molecule has 0 saturated carbocycles. The predicted octanol–water partition coefficient (Wildman–Crippen LogP) is 1.44. The molecule has 0 bridgehead atoms. The molecule has 0 spiro atoms. The van der Waals surface area contributed by atoms with Crippen LogP contribution in [0.5, 0.6) is 5.75 Å². The Morgan fingerprint density at radius 1 is 1.00 bits per heavy atom. The van der Waals surface area contributed by atoms with Gasteiger partial charge in [-0.15, -0.1) is 0 Å². The van der Waals surface area contributed by atoms with Crippen LogP contribution >= 0.6 is 11.6 Å². The second-order valence-electron chi connectivity index (χ2n) is 5.62. The monoisotopic (exact) mass is 362 g/mol. The first-order valence-corrected chi connectivity index (χ1v) is 8.15. The zero-order valence-electron chi connectivity index (χ0n) is 14.1.